The Balaban J connectivity index is 1.49. The quantitative estimate of drug-likeness (QED) is 0.833. The van der Waals surface area contributed by atoms with E-state index in [4.69, 9.17) is 16.3 Å². The minimum absolute atomic E-state index is 0.0144. The van der Waals surface area contributed by atoms with Crippen molar-refractivity contribution in [2.24, 2.45) is 0 Å². The Morgan fingerprint density at radius 3 is 2.52 bits per heavy atom. The Morgan fingerprint density at radius 1 is 1.22 bits per heavy atom. The van der Waals surface area contributed by atoms with Gasteiger partial charge in [-0.3, -0.25) is 4.90 Å². The van der Waals surface area contributed by atoms with Crippen LogP contribution in [-0.4, -0.2) is 86.8 Å². The van der Waals surface area contributed by atoms with Gasteiger partial charge < -0.3 is 19.9 Å². The number of carbonyl (C=O) groups is 1. The van der Waals surface area contributed by atoms with Crippen molar-refractivity contribution in [2.75, 3.05) is 60.0 Å². The molecule has 0 bridgehead atoms. The molecule has 7 heteroatoms. The maximum absolute atomic E-state index is 12.6. The van der Waals surface area contributed by atoms with E-state index in [0.717, 1.165) is 62.8 Å². The van der Waals surface area contributed by atoms with Gasteiger partial charge in [-0.25, -0.2) is 4.79 Å². The molecule has 0 radical (unpaired) electrons. The molecule has 150 valence electrons. The van der Waals surface area contributed by atoms with Crippen LogP contribution in [0.3, 0.4) is 0 Å². The van der Waals surface area contributed by atoms with Crippen molar-refractivity contribution in [3.63, 3.8) is 0 Å². The van der Waals surface area contributed by atoms with Crippen LogP contribution in [-0.2, 0) is 4.74 Å². The molecule has 0 spiro atoms. The standard InChI is InChI=1S/C20H31ClN4O2/c1-23(2)19(17-5-3-4-6-18(17)21)15-22-20(26)25-11-9-24(10-12-25)16-7-13-27-14-8-16/h3-6,16,19H,7-15H2,1-2H3,(H,22,26). The molecule has 3 rings (SSSR count). The van der Waals surface area contributed by atoms with Crippen LogP contribution < -0.4 is 5.32 Å². The number of rotatable bonds is 5. The third kappa shape index (κ3) is 5.35. The number of hydrogen-bond acceptors (Lipinski definition) is 4. The van der Waals surface area contributed by atoms with E-state index in [9.17, 15) is 4.79 Å². The van der Waals surface area contributed by atoms with Crippen LogP contribution in [0, 0.1) is 0 Å². The molecular weight excluding hydrogens is 364 g/mol. The van der Waals surface area contributed by atoms with Crippen LogP contribution in [0.5, 0.6) is 0 Å². The van der Waals surface area contributed by atoms with Crippen LogP contribution in [0.15, 0.2) is 24.3 Å². The van der Waals surface area contributed by atoms with Crippen molar-refractivity contribution < 1.29 is 9.53 Å². The van der Waals surface area contributed by atoms with E-state index in [0.29, 0.717) is 12.6 Å². The van der Waals surface area contributed by atoms with Crippen molar-refractivity contribution in [1.29, 1.82) is 0 Å². The zero-order valence-electron chi connectivity index (χ0n) is 16.4. The van der Waals surface area contributed by atoms with Gasteiger partial charge >= 0.3 is 6.03 Å². The molecule has 2 aliphatic rings. The lowest BCUT2D eigenvalue weighted by Gasteiger charge is -2.40. The number of urea groups is 1. The van der Waals surface area contributed by atoms with Crippen LogP contribution in [0.1, 0.15) is 24.4 Å². The number of nitrogens with zero attached hydrogens (tertiary/aromatic N) is 3. The molecule has 0 saturated carbocycles. The number of hydrogen-bond donors (Lipinski definition) is 1. The number of ether oxygens (including phenoxy) is 1. The summed E-state index contributed by atoms with van der Waals surface area (Å²) >= 11 is 6.35. The molecule has 2 aliphatic heterocycles. The maximum atomic E-state index is 12.6. The van der Waals surface area contributed by atoms with Crippen molar-refractivity contribution in [2.45, 2.75) is 24.9 Å². The normalized spacial score (nSPS) is 20.7. The first-order valence-corrected chi connectivity index (χ1v) is 10.2. The van der Waals surface area contributed by atoms with Gasteiger partial charge in [-0.05, 0) is 38.6 Å². The van der Waals surface area contributed by atoms with Crippen LogP contribution >= 0.6 is 11.6 Å². The third-order valence-electron chi connectivity index (χ3n) is 5.64. The molecule has 1 aromatic rings. The number of nitrogens with one attached hydrogen (secondary N) is 1. The number of likely N-dealkylation sites (N-methyl/N-ethyl adjacent to an activating group) is 1. The molecule has 1 N–H and O–H groups in total. The summed E-state index contributed by atoms with van der Waals surface area (Å²) in [5, 5.41) is 3.83. The fourth-order valence-corrected chi connectivity index (χ4v) is 4.21. The summed E-state index contributed by atoms with van der Waals surface area (Å²) in [5.74, 6) is 0. The Hall–Kier alpha value is -1.34. The second-order valence-corrected chi connectivity index (χ2v) is 7.96. The minimum atomic E-state index is 0.0144. The average molecular weight is 395 g/mol. The first-order valence-electron chi connectivity index (χ1n) is 9.81. The molecule has 2 saturated heterocycles. The van der Waals surface area contributed by atoms with Gasteiger partial charge in [-0.15, -0.1) is 0 Å². The van der Waals surface area contributed by atoms with E-state index >= 15 is 0 Å². The van der Waals surface area contributed by atoms with Gasteiger partial charge in [0.1, 0.15) is 0 Å². The highest BCUT2D eigenvalue weighted by Gasteiger charge is 2.27. The fraction of sp³-hybridized carbons (Fsp3) is 0.650. The molecule has 1 aromatic carbocycles. The van der Waals surface area contributed by atoms with Gasteiger partial charge in [0.15, 0.2) is 0 Å². The molecule has 0 aromatic heterocycles. The molecule has 27 heavy (non-hydrogen) atoms. The van der Waals surface area contributed by atoms with Crippen LogP contribution in [0.25, 0.3) is 0 Å². The number of halogens is 1. The van der Waals surface area contributed by atoms with Gasteiger partial charge in [-0.2, -0.15) is 0 Å². The predicted molar refractivity (Wildman–Crippen MR) is 108 cm³/mol. The lowest BCUT2D eigenvalue weighted by atomic mass is 10.1. The molecule has 1 atom stereocenters. The molecule has 2 amide bonds. The number of amides is 2. The van der Waals surface area contributed by atoms with Crippen molar-refractivity contribution >= 4 is 17.6 Å². The zero-order valence-corrected chi connectivity index (χ0v) is 17.1. The van der Waals surface area contributed by atoms with E-state index in [-0.39, 0.29) is 12.1 Å². The molecule has 1 unspecified atom stereocenters. The number of benzene rings is 1. The SMILES string of the molecule is CN(C)C(CNC(=O)N1CCN(C2CCOCC2)CC1)c1ccccc1Cl. The summed E-state index contributed by atoms with van der Waals surface area (Å²) < 4.78 is 5.45. The van der Waals surface area contributed by atoms with Crippen molar-refractivity contribution in [3.8, 4) is 0 Å². The van der Waals surface area contributed by atoms with E-state index in [1.807, 2.05) is 43.3 Å². The van der Waals surface area contributed by atoms with Gasteiger partial charge in [-0.1, -0.05) is 29.8 Å². The maximum Gasteiger partial charge on any atom is 0.317 e. The van der Waals surface area contributed by atoms with E-state index in [1.54, 1.807) is 0 Å². The summed E-state index contributed by atoms with van der Waals surface area (Å²) in [6.45, 7) is 5.71. The first-order chi connectivity index (χ1) is 13.1. The fourth-order valence-electron chi connectivity index (χ4n) is 3.95. The smallest absolute Gasteiger partial charge is 0.317 e. The lowest BCUT2D eigenvalue weighted by Crippen LogP contribution is -2.55. The summed E-state index contributed by atoms with van der Waals surface area (Å²) in [5.41, 5.74) is 1.04. The molecule has 2 fully saturated rings. The summed E-state index contributed by atoms with van der Waals surface area (Å²) in [6, 6.07) is 8.50. The highest BCUT2D eigenvalue weighted by Crippen LogP contribution is 2.25. The summed E-state index contributed by atoms with van der Waals surface area (Å²) in [6.07, 6.45) is 2.21. The molecular formula is C20H31ClN4O2. The largest absolute Gasteiger partial charge is 0.381 e. The third-order valence-corrected chi connectivity index (χ3v) is 5.99. The van der Waals surface area contributed by atoms with Gasteiger partial charge in [0, 0.05) is 57.0 Å². The monoisotopic (exact) mass is 394 g/mol. The van der Waals surface area contributed by atoms with Gasteiger partial charge in [0.2, 0.25) is 0 Å². The van der Waals surface area contributed by atoms with Gasteiger partial charge in [0.25, 0.3) is 0 Å². The number of carbonyl (C=O) groups excluding carboxylic acids is 1. The Kier molecular flexibility index (Phi) is 7.35. The topological polar surface area (TPSA) is 48.1 Å². The van der Waals surface area contributed by atoms with E-state index in [1.165, 1.54) is 0 Å². The van der Waals surface area contributed by atoms with Crippen LogP contribution in [0.2, 0.25) is 5.02 Å². The Bertz CT molecular complexity index is 614. The van der Waals surface area contributed by atoms with Crippen LogP contribution in [0.4, 0.5) is 4.79 Å². The van der Waals surface area contributed by atoms with Crippen molar-refractivity contribution in [3.05, 3.63) is 34.9 Å². The number of piperazine rings is 1. The highest BCUT2D eigenvalue weighted by atomic mass is 35.5. The van der Waals surface area contributed by atoms with E-state index in [2.05, 4.69) is 15.1 Å². The molecule has 6 nitrogen and oxygen atoms in total. The molecule has 0 aliphatic carbocycles. The minimum Gasteiger partial charge on any atom is -0.381 e. The Morgan fingerprint density at radius 2 is 1.89 bits per heavy atom. The summed E-state index contributed by atoms with van der Waals surface area (Å²) in [4.78, 5) is 19.2. The van der Waals surface area contributed by atoms with Gasteiger partial charge in [0.05, 0.1) is 6.04 Å². The molecule has 2 heterocycles. The lowest BCUT2D eigenvalue weighted by molar-refractivity contribution is 0.0186. The highest BCUT2D eigenvalue weighted by molar-refractivity contribution is 6.31. The van der Waals surface area contributed by atoms with Crippen molar-refractivity contribution in [1.82, 2.24) is 20.0 Å². The second-order valence-electron chi connectivity index (χ2n) is 7.55. The predicted octanol–water partition coefficient (Wildman–Crippen LogP) is 2.45. The second kappa shape index (κ2) is 9.73. The zero-order chi connectivity index (χ0) is 19.2. The summed E-state index contributed by atoms with van der Waals surface area (Å²) in [7, 11) is 4.01. The van der Waals surface area contributed by atoms with E-state index < -0.39 is 0 Å². The average Bonchev–Trinajstić information content (AvgIpc) is 2.70. The Labute approximate surface area is 167 Å². The first kappa shape index (κ1) is 20.4.